The molecule has 0 aromatic carbocycles. The summed E-state index contributed by atoms with van der Waals surface area (Å²) in [6.07, 6.45) is 0.127. The number of nitrogens with two attached hydrogens (primary N) is 4. The quantitative estimate of drug-likeness (QED) is 0.0260. The Morgan fingerprint density at radius 2 is 0.778 bits per heavy atom. The topological polar surface area (TPSA) is 461 Å². The molecule has 0 aliphatic heterocycles. The van der Waals surface area contributed by atoms with Crippen LogP contribution < -0.4 is 70.8 Å². The molecule has 0 saturated heterocycles. The largest absolute Gasteiger partial charge is 0.394 e. The third-order valence-electron chi connectivity index (χ3n) is 10.8. The highest BCUT2D eigenvalue weighted by Crippen LogP contribution is 2.11. The van der Waals surface area contributed by atoms with Crippen LogP contribution in [0.15, 0.2) is 0 Å². The van der Waals surface area contributed by atoms with Crippen molar-refractivity contribution >= 4 is 65.0 Å². The number of aliphatic hydroxyl groups is 3. The predicted octanol–water partition coefficient (Wildman–Crippen LogP) is -6.04. The second-order valence-electron chi connectivity index (χ2n) is 19.2. The Kier molecular flexibility index (Phi) is 31.5. The summed E-state index contributed by atoms with van der Waals surface area (Å²) in [5, 5.41) is 52.0. The normalized spacial score (nSPS) is 15.1. The lowest BCUT2D eigenvalue weighted by atomic mass is 9.99. The number of amides is 11. The van der Waals surface area contributed by atoms with Crippen LogP contribution in [0.3, 0.4) is 0 Å². The maximum Gasteiger partial charge on any atom is 0.245 e. The van der Waals surface area contributed by atoms with Gasteiger partial charge in [0, 0.05) is 6.42 Å². The van der Waals surface area contributed by atoms with Crippen molar-refractivity contribution in [2.75, 3.05) is 32.9 Å². The number of hydrogen-bond donors (Lipinski definition) is 16. The van der Waals surface area contributed by atoms with Crippen molar-refractivity contribution in [3.63, 3.8) is 0 Å². The molecule has 412 valence electrons. The fourth-order valence-corrected chi connectivity index (χ4v) is 6.91. The Bertz CT molecular complexity index is 1820. The van der Waals surface area contributed by atoms with E-state index in [1.54, 1.807) is 41.5 Å². The number of unbranched alkanes of at least 4 members (excludes halogenated alkanes) is 1. The van der Waals surface area contributed by atoms with E-state index >= 15 is 0 Å². The van der Waals surface area contributed by atoms with Crippen molar-refractivity contribution < 1.29 is 68.1 Å². The number of hydrogen-bond acceptors (Lipinski definition) is 16. The van der Waals surface area contributed by atoms with Crippen LogP contribution in [0.5, 0.6) is 0 Å². The highest BCUT2D eigenvalue weighted by molar-refractivity contribution is 5.98. The maximum atomic E-state index is 13.8. The summed E-state index contributed by atoms with van der Waals surface area (Å²) in [7, 11) is 0. The van der Waals surface area contributed by atoms with Crippen molar-refractivity contribution in [3.05, 3.63) is 0 Å². The first-order valence-corrected chi connectivity index (χ1v) is 24.2. The Labute approximate surface area is 420 Å². The average molecular weight is 1030 g/mol. The van der Waals surface area contributed by atoms with Crippen LogP contribution in [0.2, 0.25) is 0 Å². The van der Waals surface area contributed by atoms with Crippen LogP contribution in [0.1, 0.15) is 107 Å². The molecular formula is C45H83N13O14. The van der Waals surface area contributed by atoms with E-state index in [1.165, 1.54) is 0 Å². The van der Waals surface area contributed by atoms with Crippen LogP contribution in [0, 0.1) is 23.7 Å². The Morgan fingerprint density at radius 1 is 0.417 bits per heavy atom. The molecule has 0 aromatic rings. The summed E-state index contributed by atoms with van der Waals surface area (Å²) in [6, 6.07) is -12.9. The lowest BCUT2D eigenvalue weighted by Gasteiger charge is -2.29. The predicted molar refractivity (Wildman–Crippen MR) is 261 cm³/mol. The number of primary amides is 2. The van der Waals surface area contributed by atoms with Gasteiger partial charge in [-0.15, -0.1) is 0 Å². The fraction of sp³-hybridized carbons (Fsp3) is 0.756. The van der Waals surface area contributed by atoms with Crippen LogP contribution in [-0.2, 0) is 52.7 Å². The maximum absolute atomic E-state index is 13.8. The van der Waals surface area contributed by atoms with Crippen LogP contribution in [0.25, 0.3) is 0 Å². The van der Waals surface area contributed by atoms with Gasteiger partial charge in [-0.3, -0.25) is 52.7 Å². The van der Waals surface area contributed by atoms with Gasteiger partial charge in [-0.05, 0) is 75.2 Å². The molecule has 0 spiro atoms. The molecule has 0 fully saturated rings. The van der Waals surface area contributed by atoms with Crippen LogP contribution in [0.4, 0.5) is 0 Å². The van der Waals surface area contributed by atoms with Crippen molar-refractivity contribution in [1.82, 2.24) is 47.9 Å². The molecule has 11 amide bonds. The SMILES string of the molecule is CC(C)C[C@H](NC(=O)[C@H](CO)NC(=O)[C@@H](N)CC(C)C)C(=O)N[C@@H](CO)C(=O)N[C@@H](CCC(N)=O)C(=O)N[C@@H](CO)C(=O)N[C@@H](CCCCN)C(=O)N[C@H](C(=O)N[C@@H](CC(C)C)C(=O)NCC(N)=O)C(C)C. The minimum atomic E-state index is -1.79. The van der Waals surface area contributed by atoms with E-state index in [0.29, 0.717) is 12.8 Å². The number of aliphatic hydroxyl groups excluding tert-OH is 3. The molecule has 27 nitrogen and oxygen atoms in total. The highest BCUT2D eigenvalue weighted by Gasteiger charge is 2.36. The Hall–Kier alpha value is -6.03. The highest BCUT2D eigenvalue weighted by atomic mass is 16.3. The molecule has 0 radical (unpaired) electrons. The van der Waals surface area contributed by atoms with E-state index in [-0.39, 0.29) is 50.0 Å². The smallest absolute Gasteiger partial charge is 0.245 e. The first-order chi connectivity index (χ1) is 33.6. The van der Waals surface area contributed by atoms with Gasteiger partial charge >= 0.3 is 0 Å². The van der Waals surface area contributed by atoms with Crippen molar-refractivity contribution in [2.24, 2.45) is 46.6 Å². The lowest BCUT2D eigenvalue weighted by Crippen LogP contribution is -2.62. The summed E-state index contributed by atoms with van der Waals surface area (Å²) < 4.78 is 0. The number of rotatable bonds is 36. The lowest BCUT2D eigenvalue weighted by molar-refractivity contribution is -0.137. The number of nitrogens with one attached hydrogen (secondary N) is 9. The van der Waals surface area contributed by atoms with Gasteiger partial charge in [-0.25, -0.2) is 0 Å². The molecule has 0 aliphatic rings. The van der Waals surface area contributed by atoms with E-state index in [4.69, 9.17) is 22.9 Å². The third kappa shape index (κ3) is 25.9. The average Bonchev–Trinajstić information content (AvgIpc) is 3.29. The molecule has 0 saturated carbocycles. The minimum absolute atomic E-state index is 0.0204. The van der Waals surface area contributed by atoms with Gasteiger partial charge < -0.3 is 86.1 Å². The van der Waals surface area contributed by atoms with Crippen LogP contribution >= 0.6 is 0 Å². The molecule has 9 atom stereocenters. The van der Waals surface area contributed by atoms with E-state index in [9.17, 15) is 68.1 Å². The molecule has 27 heteroatoms. The molecule has 0 heterocycles. The zero-order valence-corrected chi connectivity index (χ0v) is 42.8. The van der Waals surface area contributed by atoms with E-state index in [1.807, 2.05) is 13.8 Å². The van der Waals surface area contributed by atoms with E-state index in [2.05, 4.69) is 47.9 Å². The van der Waals surface area contributed by atoms with Gasteiger partial charge in [-0.1, -0.05) is 55.4 Å². The third-order valence-corrected chi connectivity index (χ3v) is 10.8. The van der Waals surface area contributed by atoms with Crippen molar-refractivity contribution in [2.45, 2.75) is 161 Å². The van der Waals surface area contributed by atoms with Gasteiger partial charge in [0.2, 0.25) is 65.0 Å². The molecule has 20 N–H and O–H groups in total. The van der Waals surface area contributed by atoms with Crippen LogP contribution in [-0.4, -0.2) is 168 Å². The summed E-state index contributed by atoms with van der Waals surface area (Å²) in [6.45, 7) is 10.7. The molecular weight excluding hydrogens is 947 g/mol. The zero-order chi connectivity index (χ0) is 55.4. The molecule has 0 unspecified atom stereocenters. The van der Waals surface area contributed by atoms with Gasteiger partial charge in [0.1, 0.15) is 48.3 Å². The second-order valence-corrected chi connectivity index (χ2v) is 19.2. The van der Waals surface area contributed by atoms with E-state index < -0.39 is 164 Å². The first-order valence-electron chi connectivity index (χ1n) is 24.2. The van der Waals surface area contributed by atoms with Gasteiger partial charge in [0.25, 0.3) is 0 Å². The monoisotopic (exact) mass is 1030 g/mol. The van der Waals surface area contributed by atoms with Crippen molar-refractivity contribution in [3.8, 4) is 0 Å². The van der Waals surface area contributed by atoms with Crippen molar-refractivity contribution in [1.29, 1.82) is 0 Å². The fourth-order valence-electron chi connectivity index (χ4n) is 6.91. The van der Waals surface area contributed by atoms with Gasteiger partial charge in [0.05, 0.1) is 32.4 Å². The number of carbonyl (C=O) groups is 11. The molecule has 0 aromatic heterocycles. The minimum Gasteiger partial charge on any atom is -0.394 e. The standard InChI is InChI=1S/C45H83N13O14/c1-22(2)15-26(47)37(64)55-31(19-59)44(71)53-30(17-24(5)6)41(68)57-33(21-61)43(70)52-28(12-13-34(48)62)39(66)56-32(20-60)42(69)51-27(11-9-10-14-46)40(67)58-36(25(7)8)45(72)54-29(16-23(3)4)38(65)50-18-35(49)63/h22-33,36,59-61H,9-21,46-47H2,1-8H3,(H2,48,62)(H2,49,63)(H,50,65)(H,51,69)(H,52,70)(H,53,71)(H,54,72)(H,55,64)(H,56,66)(H,57,68)(H,58,67)/t26-,27-,28-,29-,30-,31-,32-,33-,36-/m0/s1. The summed E-state index contributed by atoms with van der Waals surface area (Å²) in [4.78, 5) is 144. The molecule has 72 heavy (non-hydrogen) atoms. The molecule has 0 rings (SSSR count). The summed E-state index contributed by atoms with van der Waals surface area (Å²) in [5.74, 6) is -10.9. The summed E-state index contributed by atoms with van der Waals surface area (Å²) >= 11 is 0. The Balaban J connectivity index is 6.35. The zero-order valence-electron chi connectivity index (χ0n) is 42.8. The Morgan fingerprint density at radius 3 is 1.18 bits per heavy atom. The van der Waals surface area contributed by atoms with E-state index in [0.717, 1.165) is 0 Å². The first kappa shape index (κ1) is 66.0. The molecule has 0 aliphatic carbocycles. The van der Waals surface area contributed by atoms with Gasteiger partial charge in [-0.2, -0.15) is 0 Å². The van der Waals surface area contributed by atoms with Gasteiger partial charge in [0.15, 0.2) is 0 Å². The summed E-state index contributed by atoms with van der Waals surface area (Å²) in [5.41, 5.74) is 22.0. The number of carbonyl (C=O) groups excluding carboxylic acids is 11. The molecule has 0 bridgehead atoms. The second kappa shape index (κ2) is 34.4.